The standard InChI is InChI=1S/C21H17FN2.C9H11NO.C7H16O/c1-13-6-3-4-8-16(13)20-14(2)7-5-9-17(20)21-23-18-11-10-15(22)12-19(18)24-21;1-6-3-4-8(9(10)11)7(2)5-6;1-3-4-5-7(2)6-8/h3-12H,1-2H3,(H,23,24);3-5H,1-2H3,(H2,10,11);7-8H,3-6H2,1-2H3. The number of rotatable bonds is 7. The second-order valence-electron chi connectivity index (χ2n) is 11.2. The second-order valence-corrected chi connectivity index (χ2v) is 11.2. The van der Waals surface area contributed by atoms with Gasteiger partial charge in [-0.2, -0.15) is 0 Å². The zero-order valence-electron chi connectivity index (χ0n) is 26.2. The van der Waals surface area contributed by atoms with Crippen LogP contribution in [0.5, 0.6) is 0 Å². The van der Waals surface area contributed by atoms with Crippen LogP contribution in [0, 0.1) is 39.4 Å². The lowest BCUT2D eigenvalue weighted by atomic mass is 9.92. The molecule has 1 unspecified atom stereocenters. The van der Waals surface area contributed by atoms with Crippen molar-refractivity contribution in [2.75, 3.05) is 6.61 Å². The number of carbonyl (C=O) groups is 1. The number of fused-ring (bicyclic) bond motifs is 1. The van der Waals surface area contributed by atoms with Crippen molar-refractivity contribution < 1.29 is 14.3 Å². The Labute approximate surface area is 255 Å². The molecule has 0 aliphatic carbocycles. The molecule has 5 aromatic rings. The van der Waals surface area contributed by atoms with E-state index in [1.165, 1.54) is 48.1 Å². The topological polar surface area (TPSA) is 92.0 Å². The van der Waals surface area contributed by atoms with Crippen LogP contribution in [0.3, 0.4) is 0 Å². The van der Waals surface area contributed by atoms with Gasteiger partial charge in [-0.05, 0) is 92.1 Å². The molecule has 1 aromatic heterocycles. The van der Waals surface area contributed by atoms with Crippen LogP contribution in [0.25, 0.3) is 33.5 Å². The number of benzene rings is 4. The SMILES string of the molecule is CCCCC(C)CO.Cc1ccc(C(N)=O)c(C)c1.Cc1ccccc1-c1c(C)cccc1-c1nc2ccc(F)cc2[nH]1. The van der Waals surface area contributed by atoms with Gasteiger partial charge in [-0.1, -0.05) is 86.8 Å². The number of aliphatic hydroxyl groups excluding tert-OH is 1. The number of aliphatic hydroxyl groups is 1. The molecule has 1 atom stereocenters. The minimum atomic E-state index is -0.359. The van der Waals surface area contributed by atoms with Gasteiger partial charge in [0.2, 0.25) is 5.91 Å². The normalized spacial score (nSPS) is 11.3. The first-order chi connectivity index (χ1) is 20.5. The van der Waals surface area contributed by atoms with Gasteiger partial charge in [-0.15, -0.1) is 0 Å². The summed E-state index contributed by atoms with van der Waals surface area (Å²) in [5.74, 6) is 0.649. The van der Waals surface area contributed by atoms with Crippen molar-refractivity contribution in [3.63, 3.8) is 0 Å². The van der Waals surface area contributed by atoms with E-state index in [0.29, 0.717) is 23.6 Å². The number of aromatic nitrogens is 2. The van der Waals surface area contributed by atoms with Crippen molar-refractivity contribution in [2.45, 2.75) is 60.8 Å². The summed E-state index contributed by atoms with van der Waals surface area (Å²) in [6.45, 7) is 12.7. The molecular formula is C37H44FN3O2. The molecule has 0 saturated carbocycles. The summed E-state index contributed by atoms with van der Waals surface area (Å²) in [6, 6.07) is 24.7. The highest BCUT2D eigenvalue weighted by Crippen LogP contribution is 2.36. The maximum absolute atomic E-state index is 13.5. The number of hydrogen-bond donors (Lipinski definition) is 3. The highest BCUT2D eigenvalue weighted by Gasteiger charge is 2.15. The maximum atomic E-state index is 13.5. The van der Waals surface area contributed by atoms with Crippen molar-refractivity contribution >= 4 is 16.9 Å². The first kappa shape index (κ1) is 33.2. The molecule has 226 valence electrons. The van der Waals surface area contributed by atoms with Crippen molar-refractivity contribution in [3.05, 3.63) is 112 Å². The predicted molar refractivity (Wildman–Crippen MR) is 177 cm³/mol. The van der Waals surface area contributed by atoms with Crippen molar-refractivity contribution in [1.29, 1.82) is 0 Å². The minimum Gasteiger partial charge on any atom is -0.396 e. The van der Waals surface area contributed by atoms with Gasteiger partial charge in [0.1, 0.15) is 11.6 Å². The number of nitrogens with one attached hydrogen (secondary N) is 1. The number of primary amides is 1. The summed E-state index contributed by atoms with van der Waals surface area (Å²) >= 11 is 0. The number of aryl methyl sites for hydroxylation is 4. The Kier molecular flexibility index (Phi) is 12.2. The number of carbonyl (C=O) groups excluding carboxylic acids is 1. The quantitative estimate of drug-likeness (QED) is 0.179. The summed E-state index contributed by atoms with van der Waals surface area (Å²) in [6.07, 6.45) is 3.67. The zero-order chi connectivity index (χ0) is 31.5. The molecule has 0 aliphatic rings. The van der Waals surface area contributed by atoms with Crippen LogP contribution in [0.2, 0.25) is 0 Å². The monoisotopic (exact) mass is 581 g/mol. The van der Waals surface area contributed by atoms with Crippen molar-refractivity contribution in [2.24, 2.45) is 11.7 Å². The fourth-order valence-corrected chi connectivity index (χ4v) is 4.92. The van der Waals surface area contributed by atoms with Crippen LogP contribution in [0.1, 0.15) is 65.7 Å². The predicted octanol–water partition coefficient (Wildman–Crippen LogP) is 8.86. The van der Waals surface area contributed by atoms with Gasteiger partial charge in [0.15, 0.2) is 0 Å². The Morgan fingerprint density at radius 1 is 0.907 bits per heavy atom. The summed E-state index contributed by atoms with van der Waals surface area (Å²) < 4.78 is 13.5. The number of amides is 1. The van der Waals surface area contributed by atoms with Gasteiger partial charge in [0.05, 0.1) is 11.0 Å². The van der Waals surface area contributed by atoms with Crippen LogP contribution in [-0.2, 0) is 0 Å². The highest BCUT2D eigenvalue weighted by atomic mass is 19.1. The van der Waals surface area contributed by atoms with Gasteiger partial charge >= 0.3 is 0 Å². The van der Waals surface area contributed by atoms with Gasteiger partial charge < -0.3 is 15.8 Å². The molecule has 0 saturated heterocycles. The smallest absolute Gasteiger partial charge is 0.248 e. The molecule has 5 nitrogen and oxygen atoms in total. The van der Waals surface area contributed by atoms with Crippen molar-refractivity contribution in [1.82, 2.24) is 9.97 Å². The van der Waals surface area contributed by atoms with E-state index in [4.69, 9.17) is 10.8 Å². The Hall–Kier alpha value is -4.29. The third kappa shape index (κ3) is 9.10. The highest BCUT2D eigenvalue weighted by molar-refractivity contribution is 5.94. The first-order valence-corrected chi connectivity index (χ1v) is 14.8. The van der Waals surface area contributed by atoms with E-state index >= 15 is 0 Å². The summed E-state index contributed by atoms with van der Waals surface area (Å²) in [5, 5.41) is 8.56. The molecular weight excluding hydrogens is 537 g/mol. The molecule has 0 bridgehead atoms. The average Bonchev–Trinajstić information content (AvgIpc) is 3.40. The lowest BCUT2D eigenvalue weighted by molar-refractivity contribution is 0.0999. The number of hydrogen-bond acceptors (Lipinski definition) is 3. The Bertz CT molecular complexity index is 1660. The van der Waals surface area contributed by atoms with Crippen molar-refractivity contribution in [3.8, 4) is 22.5 Å². The van der Waals surface area contributed by atoms with E-state index in [0.717, 1.165) is 33.6 Å². The molecule has 4 N–H and O–H groups in total. The Morgan fingerprint density at radius 2 is 1.60 bits per heavy atom. The lowest BCUT2D eigenvalue weighted by Gasteiger charge is -2.13. The number of nitrogens with zero attached hydrogens (tertiary/aromatic N) is 1. The second kappa shape index (κ2) is 15.8. The maximum Gasteiger partial charge on any atom is 0.248 e. The minimum absolute atomic E-state index is 0.263. The van der Waals surface area contributed by atoms with Gasteiger partial charge in [0, 0.05) is 17.7 Å². The summed E-state index contributed by atoms with van der Waals surface area (Å²) in [4.78, 5) is 18.7. The van der Waals surface area contributed by atoms with Crippen LogP contribution in [0.4, 0.5) is 4.39 Å². The molecule has 5 rings (SSSR count). The van der Waals surface area contributed by atoms with Crippen LogP contribution >= 0.6 is 0 Å². The summed E-state index contributed by atoms with van der Waals surface area (Å²) in [5.41, 5.74) is 15.1. The fourth-order valence-electron chi connectivity index (χ4n) is 4.92. The van der Waals surface area contributed by atoms with E-state index in [-0.39, 0.29) is 11.7 Å². The molecule has 6 heteroatoms. The molecule has 0 spiro atoms. The van der Waals surface area contributed by atoms with Crippen LogP contribution in [-0.4, -0.2) is 27.6 Å². The third-order valence-electron chi connectivity index (χ3n) is 7.40. The number of aromatic amines is 1. The molecule has 0 aliphatic heterocycles. The molecule has 1 amide bonds. The van der Waals surface area contributed by atoms with Crippen LogP contribution in [0.15, 0.2) is 78.9 Å². The molecule has 0 radical (unpaired) electrons. The van der Waals surface area contributed by atoms with Gasteiger partial charge in [-0.3, -0.25) is 4.79 Å². The number of H-pyrrole nitrogens is 1. The molecule has 0 fully saturated rings. The molecule has 43 heavy (non-hydrogen) atoms. The molecule has 4 aromatic carbocycles. The van der Waals surface area contributed by atoms with E-state index in [2.05, 4.69) is 61.9 Å². The Balaban J connectivity index is 0.000000221. The number of imidazole rings is 1. The van der Waals surface area contributed by atoms with Gasteiger partial charge in [-0.25, -0.2) is 9.37 Å². The fraction of sp³-hybridized carbons (Fsp3) is 0.297. The lowest BCUT2D eigenvalue weighted by Crippen LogP contribution is -2.12. The Morgan fingerprint density at radius 3 is 2.26 bits per heavy atom. The number of halogens is 1. The first-order valence-electron chi connectivity index (χ1n) is 14.8. The van der Waals surface area contributed by atoms with E-state index in [1.54, 1.807) is 12.1 Å². The number of unbranched alkanes of at least 4 members (excludes halogenated alkanes) is 1. The number of nitrogens with two attached hydrogens (primary N) is 1. The van der Waals surface area contributed by atoms with Gasteiger partial charge in [0.25, 0.3) is 0 Å². The average molecular weight is 582 g/mol. The zero-order valence-corrected chi connectivity index (χ0v) is 26.2. The van der Waals surface area contributed by atoms with Crippen LogP contribution < -0.4 is 5.73 Å². The third-order valence-corrected chi connectivity index (χ3v) is 7.40. The largest absolute Gasteiger partial charge is 0.396 e. The van der Waals surface area contributed by atoms with E-state index in [9.17, 15) is 9.18 Å². The van der Waals surface area contributed by atoms with E-state index in [1.807, 2.05) is 44.2 Å². The van der Waals surface area contributed by atoms with E-state index < -0.39 is 0 Å². The summed E-state index contributed by atoms with van der Waals surface area (Å²) in [7, 11) is 0. The molecule has 1 heterocycles.